The number of likely N-dealkylation sites (N-methyl/N-ethyl adjacent to an activating group) is 1. The minimum atomic E-state index is -3.42. The van der Waals surface area contributed by atoms with Crippen LogP contribution in [0.1, 0.15) is 26.7 Å². The molecule has 1 unspecified atom stereocenters. The third-order valence-corrected chi connectivity index (χ3v) is 5.72. The molecule has 1 aromatic carbocycles. The van der Waals surface area contributed by atoms with Crippen molar-refractivity contribution in [1.29, 1.82) is 0 Å². The highest BCUT2D eigenvalue weighted by Gasteiger charge is 2.29. The third-order valence-electron chi connectivity index (χ3n) is 3.84. The van der Waals surface area contributed by atoms with Crippen LogP contribution < -0.4 is 10.1 Å². The first-order chi connectivity index (χ1) is 10.4. The van der Waals surface area contributed by atoms with Crippen LogP contribution in [0.2, 0.25) is 0 Å². The quantitative estimate of drug-likeness (QED) is 0.870. The molecule has 1 saturated heterocycles. The molecule has 1 atom stereocenters. The van der Waals surface area contributed by atoms with E-state index in [4.69, 9.17) is 4.74 Å². The van der Waals surface area contributed by atoms with Gasteiger partial charge in [-0.05, 0) is 50.1 Å². The first-order valence-corrected chi connectivity index (χ1v) is 9.27. The van der Waals surface area contributed by atoms with E-state index < -0.39 is 10.0 Å². The molecule has 0 spiro atoms. The van der Waals surface area contributed by atoms with Gasteiger partial charge < -0.3 is 10.1 Å². The molecule has 1 aliphatic rings. The summed E-state index contributed by atoms with van der Waals surface area (Å²) in [4.78, 5) is 0.334. The molecule has 1 N–H and O–H groups in total. The third kappa shape index (κ3) is 4.21. The molecular weight excluding hydrogens is 300 g/mol. The van der Waals surface area contributed by atoms with Crippen LogP contribution in [0.4, 0.5) is 0 Å². The van der Waals surface area contributed by atoms with Gasteiger partial charge in [0, 0.05) is 19.1 Å². The molecule has 1 heterocycles. The molecule has 124 valence electrons. The van der Waals surface area contributed by atoms with Crippen LogP contribution in [0.15, 0.2) is 29.2 Å². The average molecular weight is 326 g/mol. The summed E-state index contributed by atoms with van der Waals surface area (Å²) in [7, 11) is -1.54. The Morgan fingerprint density at radius 3 is 2.59 bits per heavy atom. The molecule has 6 heteroatoms. The van der Waals surface area contributed by atoms with Crippen molar-refractivity contribution >= 4 is 10.0 Å². The van der Waals surface area contributed by atoms with Gasteiger partial charge in [0.15, 0.2) is 0 Å². The van der Waals surface area contributed by atoms with Crippen molar-refractivity contribution in [2.24, 2.45) is 5.92 Å². The van der Waals surface area contributed by atoms with Gasteiger partial charge in [-0.1, -0.05) is 13.8 Å². The number of piperidine rings is 1. The highest BCUT2D eigenvalue weighted by molar-refractivity contribution is 7.89. The van der Waals surface area contributed by atoms with Crippen molar-refractivity contribution in [2.45, 2.75) is 37.6 Å². The van der Waals surface area contributed by atoms with Crippen molar-refractivity contribution in [2.75, 3.05) is 26.7 Å². The van der Waals surface area contributed by atoms with E-state index in [9.17, 15) is 8.42 Å². The van der Waals surface area contributed by atoms with Crippen molar-refractivity contribution in [1.82, 2.24) is 9.62 Å². The van der Waals surface area contributed by atoms with Crippen LogP contribution in [0.25, 0.3) is 0 Å². The van der Waals surface area contributed by atoms with Crippen LogP contribution in [0, 0.1) is 5.92 Å². The molecule has 22 heavy (non-hydrogen) atoms. The van der Waals surface area contributed by atoms with Crippen LogP contribution in [0.5, 0.6) is 5.75 Å². The Hall–Kier alpha value is -1.11. The topological polar surface area (TPSA) is 58.6 Å². The lowest BCUT2D eigenvalue weighted by atomic mass is 10.1. The summed E-state index contributed by atoms with van der Waals surface area (Å²) < 4.78 is 32.5. The Morgan fingerprint density at radius 2 is 2.00 bits per heavy atom. The number of rotatable bonds is 6. The number of hydrogen-bond donors (Lipinski definition) is 1. The van der Waals surface area contributed by atoms with Gasteiger partial charge in [-0.3, -0.25) is 0 Å². The van der Waals surface area contributed by atoms with E-state index in [0.717, 1.165) is 12.8 Å². The molecule has 5 nitrogen and oxygen atoms in total. The Morgan fingerprint density at radius 1 is 1.32 bits per heavy atom. The maximum Gasteiger partial charge on any atom is 0.243 e. The average Bonchev–Trinajstić information content (AvgIpc) is 2.53. The second-order valence-corrected chi connectivity index (χ2v) is 8.11. The minimum absolute atomic E-state index is 0.233. The molecule has 0 radical (unpaired) electrons. The van der Waals surface area contributed by atoms with Gasteiger partial charge in [0.05, 0.1) is 11.5 Å². The molecule has 0 amide bonds. The maximum absolute atomic E-state index is 12.7. The molecule has 0 aromatic heterocycles. The monoisotopic (exact) mass is 326 g/mol. The lowest BCUT2D eigenvalue weighted by Crippen LogP contribution is -2.46. The van der Waals surface area contributed by atoms with Crippen LogP contribution >= 0.6 is 0 Å². The first kappa shape index (κ1) is 17.2. The van der Waals surface area contributed by atoms with Gasteiger partial charge in [0.2, 0.25) is 10.0 Å². The fourth-order valence-electron chi connectivity index (χ4n) is 2.52. The summed E-state index contributed by atoms with van der Waals surface area (Å²) in [5.41, 5.74) is 0. The lowest BCUT2D eigenvalue weighted by molar-refractivity contribution is 0.271. The zero-order valence-electron chi connectivity index (χ0n) is 13.6. The molecule has 0 bridgehead atoms. The largest absolute Gasteiger partial charge is 0.493 e. The Bertz CT molecular complexity index is 570. The summed E-state index contributed by atoms with van der Waals surface area (Å²) in [6.45, 7) is 5.90. The van der Waals surface area contributed by atoms with Gasteiger partial charge in [0.25, 0.3) is 0 Å². The number of hydrogen-bond acceptors (Lipinski definition) is 4. The summed E-state index contributed by atoms with van der Waals surface area (Å²) >= 11 is 0. The van der Waals surface area contributed by atoms with Gasteiger partial charge in [0.1, 0.15) is 5.75 Å². The zero-order valence-corrected chi connectivity index (χ0v) is 14.4. The van der Waals surface area contributed by atoms with E-state index in [0.29, 0.717) is 36.3 Å². The summed E-state index contributed by atoms with van der Waals surface area (Å²) in [5, 5.41) is 3.17. The van der Waals surface area contributed by atoms with E-state index in [2.05, 4.69) is 19.2 Å². The van der Waals surface area contributed by atoms with Crippen molar-refractivity contribution in [3.05, 3.63) is 24.3 Å². The standard InChI is InChI=1S/C16H26N2O3S/c1-13(2)12-21-15-6-8-16(9-7-15)22(19,20)18-10-4-5-14(11-18)17-3/h6-9,13-14,17H,4-5,10-12H2,1-3H3. The second kappa shape index (κ2) is 7.44. The van der Waals surface area contributed by atoms with E-state index in [1.54, 1.807) is 28.6 Å². The predicted octanol–water partition coefficient (Wildman–Crippen LogP) is 2.09. The second-order valence-electron chi connectivity index (χ2n) is 6.17. The van der Waals surface area contributed by atoms with Crippen LogP contribution in [-0.4, -0.2) is 45.5 Å². The fourth-order valence-corrected chi connectivity index (χ4v) is 4.04. The van der Waals surface area contributed by atoms with Crippen molar-refractivity contribution < 1.29 is 13.2 Å². The SMILES string of the molecule is CNC1CCCN(S(=O)(=O)c2ccc(OCC(C)C)cc2)C1. The Labute approximate surface area is 133 Å². The summed E-state index contributed by atoms with van der Waals surface area (Å²) in [6, 6.07) is 6.96. The highest BCUT2D eigenvalue weighted by Crippen LogP contribution is 2.23. The van der Waals surface area contributed by atoms with E-state index in [1.165, 1.54) is 0 Å². The van der Waals surface area contributed by atoms with Crippen LogP contribution in [-0.2, 0) is 10.0 Å². The molecule has 0 aliphatic carbocycles. The summed E-state index contributed by atoms with van der Waals surface area (Å²) in [5.74, 6) is 1.15. The lowest BCUT2D eigenvalue weighted by Gasteiger charge is -2.31. The Kier molecular flexibility index (Phi) is 5.83. The van der Waals surface area contributed by atoms with Crippen molar-refractivity contribution in [3.8, 4) is 5.75 Å². The minimum Gasteiger partial charge on any atom is -0.493 e. The molecule has 1 aromatic rings. The number of sulfonamides is 1. The van der Waals surface area contributed by atoms with Gasteiger partial charge in [-0.15, -0.1) is 0 Å². The molecule has 1 fully saturated rings. The van der Waals surface area contributed by atoms with Gasteiger partial charge in [-0.2, -0.15) is 4.31 Å². The predicted molar refractivity (Wildman–Crippen MR) is 87.6 cm³/mol. The van der Waals surface area contributed by atoms with Gasteiger partial charge in [-0.25, -0.2) is 8.42 Å². The normalized spacial score (nSPS) is 20.3. The molecule has 2 rings (SSSR count). The molecule has 1 aliphatic heterocycles. The summed E-state index contributed by atoms with van der Waals surface area (Å²) in [6.07, 6.45) is 1.91. The maximum atomic E-state index is 12.7. The number of benzene rings is 1. The molecule has 0 saturated carbocycles. The highest BCUT2D eigenvalue weighted by atomic mass is 32.2. The zero-order chi connectivity index (χ0) is 16.2. The van der Waals surface area contributed by atoms with Crippen LogP contribution in [0.3, 0.4) is 0 Å². The number of ether oxygens (including phenoxy) is 1. The number of nitrogens with zero attached hydrogens (tertiary/aromatic N) is 1. The fraction of sp³-hybridized carbons (Fsp3) is 0.625. The van der Waals surface area contributed by atoms with E-state index in [-0.39, 0.29) is 6.04 Å². The smallest absolute Gasteiger partial charge is 0.243 e. The molecular formula is C16H26N2O3S. The van der Waals surface area contributed by atoms with E-state index in [1.807, 2.05) is 7.05 Å². The first-order valence-electron chi connectivity index (χ1n) is 7.83. The number of nitrogens with one attached hydrogen (secondary N) is 1. The van der Waals surface area contributed by atoms with Crippen molar-refractivity contribution in [3.63, 3.8) is 0 Å². The van der Waals surface area contributed by atoms with Gasteiger partial charge >= 0.3 is 0 Å². The van der Waals surface area contributed by atoms with E-state index >= 15 is 0 Å². The Balaban J connectivity index is 2.09.